The molecule has 0 nitrogen and oxygen atoms in total. The van der Waals surface area contributed by atoms with Crippen LogP contribution in [0.5, 0.6) is 0 Å². The predicted octanol–water partition coefficient (Wildman–Crippen LogP) is 0.727. The maximum atomic E-state index is 2.63. The van der Waals surface area contributed by atoms with Crippen molar-refractivity contribution in [3.8, 4) is 0 Å². The summed E-state index contributed by atoms with van der Waals surface area (Å²) in [6.45, 7) is 0. The summed E-state index contributed by atoms with van der Waals surface area (Å²) >= 11 is 0. The van der Waals surface area contributed by atoms with E-state index in [9.17, 15) is 0 Å². The molecule has 0 aromatic rings. The molecule has 0 saturated heterocycles. The van der Waals surface area contributed by atoms with E-state index in [0.29, 0.717) is 0 Å². The van der Waals surface area contributed by atoms with Crippen LogP contribution in [0.2, 0.25) is 0 Å². The molecule has 0 saturated carbocycles. The van der Waals surface area contributed by atoms with Gasteiger partial charge in [-0.2, -0.15) is 0 Å². The molecule has 0 fully saturated rings. The van der Waals surface area contributed by atoms with E-state index in [1.165, 1.54) is 12.3 Å². The molecule has 0 amide bonds. The van der Waals surface area contributed by atoms with E-state index in [0.717, 1.165) is 0 Å². The minimum Gasteiger partial charge on any atom is -0.137 e. The number of hydrogen-bond donors (Lipinski definition) is 0. The SMILES string of the molecule is PCCP.[Y].[Y].[Y].[Y]. The molecule has 0 aliphatic heterocycles. The number of hydrogen-bond acceptors (Lipinski definition) is 0. The molecule has 0 heterocycles. The average Bonchev–Trinajstić information content (AvgIpc) is 1.37. The Morgan fingerprint density at radius 2 is 0.750 bits per heavy atom. The zero-order chi connectivity index (χ0) is 3.41. The Balaban J connectivity index is -0.00000000750. The zero-order valence-electron chi connectivity index (χ0n) is 4.88. The second-order valence-corrected chi connectivity index (χ2v) is 1.73. The largest absolute Gasteiger partial charge is 0.137 e. The van der Waals surface area contributed by atoms with Crippen molar-refractivity contribution < 1.29 is 131 Å². The Labute approximate surface area is 157 Å². The van der Waals surface area contributed by atoms with Gasteiger partial charge in [-0.05, 0) is 12.3 Å². The van der Waals surface area contributed by atoms with Gasteiger partial charge in [0.1, 0.15) is 0 Å². The summed E-state index contributed by atoms with van der Waals surface area (Å²) in [5.74, 6) is 0. The Morgan fingerprint density at radius 3 is 0.750 bits per heavy atom. The first-order valence-corrected chi connectivity index (χ1v) is 2.95. The second kappa shape index (κ2) is 29.5. The van der Waals surface area contributed by atoms with Crippen molar-refractivity contribution in [1.82, 2.24) is 0 Å². The molecule has 0 aromatic heterocycles. The first-order valence-electron chi connectivity index (χ1n) is 1.32. The fourth-order valence-corrected chi connectivity index (χ4v) is 0. The minimum absolute atomic E-state index is 0. The van der Waals surface area contributed by atoms with Gasteiger partial charge in [0, 0.05) is 131 Å². The van der Waals surface area contributed by atoms with E-state index in [1.54, 1.807) is 0 Å². The summed E-state index contributed by atoms with van der Waals surface area (Å²) in [6, 6.07) is 0. The topological polar surface area (TPSA) is 0 Å². The first-order chi connectivity index (χ1) is 1.91. The fourth-order valence-electron chi connectivity index (χ4n) is 0. The summed E-state index contributed by atoms with van der Waals surface area (Å²) in [4.78, 5) is 0. The standard InChI is InChI=1S/C2H8P2.4Y/c3-1-2-4;;;;/h1-4H2;;;;. The molecule has 4 radical (unpaired) electrons. The van der Waals surface area contributed by atoms with Crippen LogP contribution < -0.4 is 0 Å². The second-order valence-electron chi connectivity index (χ2n) is 0.577. The Morgan fingerprint density at radius 1 is 0.625 bits per heavy atom. The van der Waals surface area contributed by atoms with Gasteiger partial charge < -0.3 is 0 Å². The predicted molar refractivity (Wildman–Crippen MR) is 29.2 cm³/mol. The van der Waals surface area contributed by atoms with Crippen LogP contribution in [0, 0.1) is 0 Å². The van der Waals surface area contributed by atoms with Crippen LogP contribution in [0.25, 0.3) is 0 Å². The molecule has 0 aliphatic rings. The van der Waals surface area contributed by atoms with Crippen molar-refractivity contribution in [2.24, 2.45) is 0 Å². The van der Waals surface area contributed by atoms with Crippen molar-refractivity contribution in [2.75, 3.05) is 12.3 Å². The molecule has 0 aromatic carbocycles. The van der Waals surface area contributed by atoms with Crippen molar-refractivity contribution in [3.63, 3.8) is 0 Å². The quantitative estimate of drug-likeness (QED) is 0.518. The molecule has 0 N–H and O–H groups in total. The molecule has 2 unspecified atom stereocenters. The third kappa shape index (κ3) is 30.2. The van der Waals surface area contributed by atoms with Gasteiger partial charge in [0.25, 0.3) is 0 Å². The molecule has 0 bridgehead atoms. The van der Waals surface area contributed by atoms with Gasteiger partial charge in [0.05, 0.1) is 0 Å². The normalized spacial score (nSPS) is 3.75. The Bertz CT molecular complexity index is 14.0. The first kappa shape index (κ1) is 29.2. The third-order valence-corrected chi connectivity index (χ3v) is 1.50. The zero-order valence-corrected chi connectivity index (χ0v) is 18.5. The molecule has 2 atom stereocenters. The maximum Gasteiger partial charge on any atom is 0 e. The maximum absolute atomic E-state index is 2.63. The minimum atomic E-state index is 0. The molecule has 8 heavy (non-hydrogen) atoms. The van der Waals surface area contributed by atoms with E-state index in [-0.39, 0.29) is 131 Å². The van der Waals surface area contributed by atoms with Gasteiger partial charge >= 0.3 is 0 Å². The van der Waals surface area contributed by atoms with E-state index in [2.05, 4.69) is 18.5 Å². The van der Waals surface area contributed by atoms with E-state index >= 15 is 0 Å². The molecule has 38 valence electrons. The van der Waals surface area contributed by atoms with Crippen LogP contribution in [0.1, 0.15) is 0 Å². The molecule has 0 rings (SSSR count). The summed E-state index contributed by atoms with van der Waals surface area (Å²) < 4.78 is 0. The fraction of sp³-hybridized carbons (Fsp3) is 1.00. The van der Waals surface area contributed by atoms with Crippen LogP contribution >= 0.6 is 18.5 Å². The van der Waals surface area contributed by atoms with Crippen molar-refractivity contribution in [2.45, 2.75) is 0 Å². The van der Waals surface area contributed by atoms with Crippen molar-refractivity contribution in [1.29, 1.82) is 0 Å². The average molecular weight is 450 g/mol. The summed E-state index contributed by atoms with van der Waals surface area (Å²) in [6.07, 6.45) is 2.40. The van der Waals surface area contributed by atoms with Crippen LogP contribution in [-0.4, -0.2) is 12.3 Å². The van der Waals surface area contributed by atoms with Gasteiger partial charge in [-0.15, -0.1) is 18.5 Å². The van der Waals surface area contributed by atoms with Gasteiger partial charge in [0.2, 0.25) is 0 Å². The van der Waals surface area contributed by atoms with Crippen LogP contribution in [-0.2, 0) is 131 Å². The summed E-state index contributed by atoms with van der Waals surface area (Å²) in [5.41, 5.74) is 0. The molecular weight excluding hydrogens is 442 g/mol. The van der Waals surface area contributed by atoms with E-state index in [1.807, 2.05) is 0 Å². The van der Waals surface area contributed by atoms with Crippen LogP contribution in [0.15, 0.2) is 0 Å². The van der Waals surface area contributed by atoms with Gasteiger partial charge in [-0.1, -0.05) is 0 Å². The van der Waals surface area contributed by atoms with Crippen LogP contribution in [0.3, 0.4) is 0 Å². The van der Waals surface area contributed by atoms with Crippen molar-refractivity contribution in [3.05, 3.63) is 0 Å². The summed E-state index contributed by atoms with van der Waals surface area (Å²) in [7, 11) is 5.27. The molecule has 0 aliphatic carbocycles. The molecular formula is C2H8P2Y4. The van der Waals surface area contributed by atoms with Crippen LogP contribution in [0.4, 0.5) is 0 Å². The van der Waals surface area contributed by atoms with Gasteiger partial charge in [-0.25, -0.2) is 0 Å². The van der Waals surface area contributed by atoms with E-state index in [4.69, 9.17) is 0 Å². The third-order valence-electron chi connectivity index (χ3n) is 0.167. The monoisotopic (exact) mass is 450 g/mol. The summed E-state index contributed by atoms with van der Waals surface area (Å²) in [5, 5.41) is 0. The van der Waals surface area contributed by atoms with E-state index < -0.39 is 0 Å². The van der Waals surface area contributed by atoms with Gasteiger partial charge in [0.15, 0.2) is 0 Å². The number of rotatable bonds is 1. The van der Waals surface area contributed by atoms with Crippen molar-refractivity contribution >= 4 is 18.5 Å². The Kier molecular flexibility index (Phi) is 108. The molecule has 6 heteroatoms. The van der Waals surface area contributed by atoms with Gasteiger partial charge in [-0.3, -0.25) is 0 Å². The molecule has 0 spiro atoms. The smallest absolute Gasteiger partial charge is 0 e. The Hall–Kier alpha value is 5.28.